The molecule has 0 amide bonds. The van der Waals surface area contributed by atoms with E-state index in [4.69, 9.17) is 4.74 Å². The number of nitrogens with zero attached hydrogens (tertiary/aromatic N) is 2. The largest absolute Gasteiger partial charge is 0.468 e. The Morgan fingerprint density at radius 3 is 2.50 bits per heavy atom. The highest BCUT2D eigenvalue weighted by atomic mass is 31.0. The van der Waals surface area contributed by atoms with Crippen molar-refractivity contribution in [2.24, 2.45) is 0 Å². The number of anilines is 1. The fourth-order valence-electron chi connectivity index (χ4n) is 2.55. The van der Waals surface area contributed by atoms with Gasteiger partial charge in [-0.2, -0.15) is 0 Å². The van der Waals surface area contributed by atoms with Crippen LogP contribution in [0, 0.1) is 10.1 Å². The van der Waals surface area contributed by atoms with E-state index in [9.17, 15) is 14.9 Å². The van der Waals surface area contributed by atoms with Crippen LogP contribution in [0.2, 0.25) is 0 Å². The van der Waals surface area contributed by atoms with Crippen LogP contribution in [0.25, 0.3) is 0 Å². The number of carbonyl (C=O) groups is 1. The van der Waals surface area contributed by atoms with Crippen molar-refractivity contribution in [2.45, 2.75) is 19.0 Å². The van der Waals surface area contributed by atoms with Gasteiger partial charge in [0.1, 0.15) is 6.04 Å². The summed E-state index contributed by atoms with van der Waals surface area (Å²) in [7, 11) is 5.66. The van der Waals surface area contributed by atoms with Crippen LogP contribution in [0.15, 0.2) is 48.5 Å². The Labute approximate surface area is 154 Å². The van der Waals surface area contributed by atoms with E-state index in [1.807, 2.05) is 24.3 Å². The summed E-state index contributed by atoms with van der Waals surface area (Å²) in [5, 5.41) is 14.2. The standard InChI is InChI=1S/C18H22N3O4P/c1-20(26)17(18(22)25-2)11-13-7-9-15(10-8-13)19-12-14-5-3-4-6-16(14)21(23)24/h3-10,17,19H,11-12,26H2,1-2H3/t17-/m0/s1. The number of likely N-dealkylation sites (N-methyl/N-ethyl adjacent to an activating group) is 1. The Kier molecular flexibility index (Phi) is 7.06. The molecule has 7 nitrogen and oxygen atoms in total. The number of para-hydroxylation sites is 1. The number of methoxy groups -OCH3 is 1. The second-order valence-corrected chi connectivity index (χ2v) is 6.66. The van der Waals surface area contributed by atoms with Gasteiger partial charge in [-0.05, 0) is 31.2 Å². The van der Waals surface area contributed by atoms with Gasteiger partial charge >= 0.3 is 5.97 Å². The van der Waals surface area contributed by atoms with Crippen molar-refractivity contribution in [3.63, 3.8) is 0 Å². The molecule has 1 N–H and O–H groups in total. The van der Waals surface area contributed by atoms with Crippen molar-refractivity contribution < 1.29 is 14.5 Å². The molecule has 2 atom stereocenters. The Morgan fingerprint density at radius 1 is 1.27 bits per heavy atom. The lowest BCUT2D eigenvalue weighted by Crippen LogP contribution is -2.35. The average molecular weight is 375 g/mol. The van der Waals surface area contributed by atoms with Gasteiger partial charge in [-0.15, -0.1) is 0 Å². The second-order valence-electron chi connectivity index (χ2n) is 5.84. The fraction of sp³-hybridized carbons (Fsp3) is 0.278. The van der Waals surface area contributed by atoms with E-state index in [1.165, 1.54) is 13.2 Å². The summed E-state index contributed by atoms with van der Waals surface area (Å²) in [6, 6.07) is 13.9. The maximum atomic E-state index is 11.8. The molecule has 0 aromatic heterocycles. The monoisotopic (exact) mass is 375 g/mol. The predicted molar refractivity (Wildman–Crippen MR) is 104 cm³/mol. The number of hydrogen-bond acceptors (Lipinski definition) is 6. The molecule has 138 valence electrons. The molecule has 0 saturated heterocycles. The molecule has 2 aromatic carbocycles. The van der Waals surface area contributed by atoms with Gasteiger partial charge in [0.25, 0.3) is 5.69 Å². The number of hydrogen-bond donors (Lipinski definition) is 1. The predicted octanol–water partition coefficient (Wildman–Crippen LogP) is 3.01. The van der Waals surface area contributed by atoms with Crippen molar-refractivity contribution in [3.8, 4) is 0 Å². The summed E-state index contributed by atoms with van der Waals surface area (Å²) >= 11 is 0. The maximum Gasteiger partial charge on any atom is 0.323 e. The van der Waals surface area contributed by atoms with Gasteiger partial charge in [-0.25, -0.2) is 0 Å². The first-order valence-corrected chi connectivity index (χ1v) is 8.54. The lowest BCUT2D eigenvalue weighted by atomic mass is 10.1. The summed E-state index contributed by atoms with van der Waals surface area (Å²) < 4.78 is 6.57. The Morgan fingerprint density at radius 2 is 1.92 bits per heavy atom. The Bertz CT molecular complexity index is 765. The average Bonchev–Trinajstić information content (AvgIpc) is 2.64. The summed E-state index contributed by atoms with van der Waals surface area (Å²) in [6.07, 6.45) is 0.525. The number of rotatable bonds is 8. The van der Waals surface area contributed by atoms with Crippen LogP contribution in [-0.2, 0) is 22.5 Å². The zero-order valence-electron chi connectivity index (χ0n) is 14.7. The number of nitro benzene ring substituents is 1. The first kappa shape index (κ1) is 19.8. The van der Waals surface area contributed by atoms with Gasteiger partial charge in [-0.3, -0.25) is 19.6 Å². The zero-order chi connectivity index (χ0) is 19.1. The third kappa shape index (κ3) is 5.25. The smallest absolute Gasteiger partial charge is 0.323 e. The lowest BCUT2D eigenvalue weighted by Gasteiger charge is -2.21. The topological polar surface area (TPSA) is 84.7 Å². The van der Waals surface area contributed by atoms with E-state index in [0.29, 0.717) is 18.5 Å². The molecule has 0 saturated carbocycles. The van der Waals surface area contributed by atoms with Crippen LogP contribution >= 0.6 is 9.39 Å². The van der Waals surface area contributed by atoms with Gasteiger partial charge in [0.15, 0.2) is 0 Å². The first-order valence-electron chi connectivity index (χ1n) is 8.03. The second kappa shape index (κ2) is 9.27. The van der Waals surface area contributed by atoms with Crippen molar-refractivity contribution in [3.05, 3.63) is 69.8 Å². The molecule has 0 aliphatic carbocycles. The summed E-state index contributed by atoms with van der Waals surface area (Å²) in [5.74, 6) is -0.291. The quantitative estimate of drug-likeness (QED) is 0.330. The SMILES string of the molecule is COC(=O)[C@H](Cc1ccc(NCc2ccccc2[N+](=O)[O-])cc1)N(C)P. The van der Waals surface area contributed by atoms with Crippen LogP contribution < -0.4 is 5.32 Å². The molecule has 0 fully saturated rings. The normalized spacial score (nSPS) is 11.8. The van der Waals surface area contributed by atoms with Crippen LogP contribution in [0.1, 0.15) is 11.1 Å². The highest BCUT2D eigenvalue weighted by molar-refractivity contribution is 7.13. The molecule has 0 aliphatic heterocycles. The van der Waals surface area contributed by atoms with E-state index >= 15 is 0 Å². The first-order chi connectivity index (χ1) is 12.4. The molecule has 2 rings (SSSR count). The number of nitrogens with one attached hydrogen (secondary N) is 1. The van der Waals surface area contributed by atoms with Crippen LogP contribution in [0.3, 0.4) is 0 Å². The fourth-order valence-corrected chi connectivity index (χ4v) is 2.77. The molecule has 1 unspecified atom stereocenters. The van der Waals surface area contributed by atoms with E-state index in [0.717, 1.165) is 11.3 Å². The van der Waals surface area contributed by atoms with Gasteiger partial charge in [0.05, 0.1) is 12.0 Å². The zero-order valence-corrected chi connectivity index (χ0v) is 15.9. The number of esters is 1. The van der Waals surface area contributed by atoms with Gasteiger partial charge < -0.3 is 10.1 Å². The Balaban J connectivity index is 2.02. The van der Waals surface area contributed by atoms with E-state index in [2.05, 4.69) is 14.7 Å². The van der Waals surface area contributed by atoms with E-state index in [-0.39, 0.29) is 22.6 Å². The number of benzene rings is 2. The molecule has 0 aliphatic rings. The highest BCUT2D eigenvalue weighted by Gasteiger charge is 2.22. The summed E-state index contributed by atoms with van der Waals surface area (Å²) in [6.45, 7) is 0.357. The minimum absolute atomic E-state index is 0.0982. The minimum atomic E-state index is -0.383. The van der Waals surface area contributed by atoms with E-state index in [1.54, 1.807) is 29.9 Å². The molecule has 0 spiro atoms. The molecule has 8 heteroatoms. The van der Waals surface area contributed by atoms with E-state index < -0.39 is 0 Å². The van der Waals surface area contributed by atoms with Gasteiger partial charge in [0, 0.05) is 23.9 Å². The van der Waals surface area contributed by atoms with Gasteiger partial charge in [-0.1, -0.05) is 39.7 Å². The summed E-state index contributed by atoms with van der Waals surface area (Å²) in [5.41, 5.74) is 2.56. The van der Waals surface area contributed by atoms with Crippen molar-refractivity contribution in [1.82, 2.24) is 4.67 Å². The maximum absolute atomic E-state index is 11.8. The van der Waals surface area contributed by atoms with Crippen LogP contribution in [0.5, 0.6) is 0 Å². The minimum Gasteiger partial charge on any atom is -0.468 e. The van der Waals surface area contributed by atoms with Crippen molar-refractivity contribution >= 4 is 26.7 Å². The highest BCUT2D eigenvalue weighted by Crippen LogP contribution is 2.20. The lowest BCUT2D eigenvalue weighted by molar-refractivity contribution is -0.385. The molecule has 2 aromatic rings. The molecule has 0 bridgehead atoms. The van der Waals surface area contributed by atoms with Crippen LogP contribution in [0.4, 0.5) is 11.4 Å². The van der Waals surface area contributed by atoms with Gasteiger partial charge in [0.2, 0.25) is 0 Å². The molecular formula is C18H22N3O4P. The molecule has 0 radical (unpaired) electrons. The van der Waals surface area contributed by atoms with Crippen LogP contribution in [-0.4, -0.2) is 35.8 Å². The Hall–Kier alpha value is -2.50. The molecule has 0 heterocycles. The third-order valence-electron chi connectivity index (χ3n) is 4.02. The summed E-state index contributed by atoms with van der Waals surface area (Å²) in [4.78, 5) is 22.5. The number of ether oxygens (including phenoxy) is 1. The molecular weight excluding hydrogens is 353 g/mol. The number of nitro groups is 1. The third-order valence-corrected chi connectivity index (χ3v) is 4.38. The van der Waals surface area contributed by atoms with Crippen molar-refractivity contribution in [1.29, 1.82) is 0 Å². The number of carbonyl (C=O) groups excluding carboxylic acids is 1. The molecule has 26 heavy (non-hydrogen) atoms. The van der Waals surface area contributed by atoms with Crippen molar-refractivity contribution in [2.75, 3.05) is 19.5 Å².